The van der Waals surface area contributed by atoms with Gasteiger partial charge in [-0.25, -0.2) is 0 Å². The lowest BCUT2D eigenvalue weighted by molar-refractivity contribution is -0.127. The van der Waals surface area contributed by atoms with Crippen molar-refractivity contribution in [3.63, 3.8) is 0 Å². The quantitative estimate of drug-likeness (QED) is 0.680. The molecule has 1 fully saturated rings. The molecule has 1 amide bonds. The SMILES string of the molecule is COCCOCC(=O)NC1CCNC(C)C1.Cl. The van der Waals surface area contributed by atoms with E-state index in [1.54, 1.807) is 7.11 Å². The van der Waals surface area contributed by atoms with Crippen LogP contribution in [0.3, 0.4) is 0 Å². The number of methoxy groups -OCH3 is 1. The number of ether oxygens (including phenoxy) is 2. The van der Waals surface area contributed by atoms with Crippen LogP contribution in [0.25, 0.3) is 0 Å². The van der Waals surface area contributed by atoms with E-state index in [-0.39, 0.29) is 31.0 Å². The molecule has 2 atom stereocenters. The molecule has 17 heavy (non-hydrogen) atoms. The van der Waals surface area contributed by atoms with Gasteiger partial charge < -0.3 is 20.1 Å². The maximum absolute atomic E-state index is 11.5. The molecule has 0 aliphatic carbocycles. The highest BCUT2D eigenvalue weighted by Crippen LogP contribution is 2.07. The lowest BCUT2D eigenvalue weighted by atomic mass is 10.0. The Morgan fingerprint density at radius 3 is 2.88 bits per heavy atom. The zero-order chi connectivity index (χ0) is 11.8. The van der Waals surface area contributed by atoms with Gasteiger partial charge in [-0.1, -0.05) is 0 Å². The second-order valence-corrected chi connectivity index (χ2v) is 4.19. The van der Waals surface area contributed by atoms with Crippen LogP contribution < -0.4 is 10.6 Å². The highest BCUT2D eigenvalue weighted by Gasteiger charge is 2.19. The van der Waals surface area contributed by atoms with Gasteiger partial charge in [0.1, 0.15) is 6.61 Å². The van der Waals surface area contributed by atoms with Crippen LogP contribution in [-0.2, 0) is 14.3 Å². The maximum Gasteiger partial charge on any atom is 0.246 e. The third-order valence-electron chi connectivity index (χ3n) is 2.65. The van der Waals surface area contributed by atoms with Gasteiger partial charge in [0, 0.05) is 19.2 Å². The van der Waals surface area contributed by atoms with Gasteiger partial charge in [0.15, 0.2) is 0 Å². The highest BCUT2D eigenvalue weighted by molar-refractivity contribution is 5.85. The van der Waals surface area contributed by atoms with Crippen molar-refractivity contribution in [2.24, 2.45) is 0 Å². The monoisotopic (exact) mass is 266 g/mol. The van der Waals surface area contributed by atoms with Gasteiger partial charge in [-0.2, -0.15) is 0 Å². The molecule has 0 bridgehead atoms. The Kier molecular flexibility index (Phi) is 9.44. The third kappa shape index (κ3) is 7.54. The van der Waals surface area contributed by atoms with E-state index in [1.165, 1.54) is 0 Å². The van der Waals surface area contributed by atoms with Crippen molar-refractivity contribution in [1.82, 2.24) is 10.6 Å². The number of piperidine rings is 1. The number of nitrogens with one attached hydrogen (secondary N) is 2. The summed E-state index contributed by atoms with van der Waals surface area (Å²) >= 11 is 0. The summed E-state index contributed by atoms with van der Waals surface area (Å²) < 4.78 is 9.97. The van der Waals surface area contributed by atoms with Crippen LogP contribution in [-0.4, -0.2) is 51.5 Å². The van der Waals surface area contributed by atoms with Gasteiger partial charge in [-0.15, -0.1) is 12.4 Å². The zero-order valence-electron chi connectivity index (χ0n) is 10.5. The van der Waals surface area contributed by atoms with E-state index in [0.29, 0.717) is 19.3 Å². The lowest BCUT2D eigenvalue weighted by Gasteiger charge is -2.28. The Hall–Kier alpha value is -0.360. The van der Waals surface area contributed by atoms with E-state index in [0.717, 1.165) is 19.4 Å². The van der Waals surface area contributed by atoms with Gasteiger partial charge in [0.05, 0.1) is 13.2 Å². The van der Waals surface area contributed by atoms with Crippen molar-refractivity contribution in [3.8, 4) is 0 Å². The minimum Gasteiger partial charge on any atom is -0.382 e. The van der Waals surface area contributed by atoms with Crippen LogP contribution in [0.5, 0.6) is 0 Å². The Morgan fingerprint density at radius 2 is 2.24 bits per heavy atom. The number of halogens is 1. The van der Waals surface area contributed by atoms with Crippen molar-refractivity contribution >= 4 is 18.3 Å². The Labute approximate surface area is 109 Å². The van der Waals surface area contributed by atoms with Crippen LogP contribution in [0, 0.1) is 0 Å². The largest absolute Gasteiger partial charge is 0.382 e. The molecule has 102 valence electrons. The summed E-state index contributed by atoms with van der Waals surface area (Å²) in [5, 5.41) is 6.33. The molecular weight excluding hydrogens is 244 g/mol. The number of carbonyl (C=O) groups excluding carboxylic acids is 1. The Morgan fingerprint density at radius 1 is 1.47 bits per heavy atom. The lowest BCUT2D eigenvalue weighted by Crippen LogP contribution is -2.47. The van der Waals surface area contributed by atoms with Crippen LogP contribution in [0.1, 0.15) is 19.8 Å². The van der Waals surface area contributed by atoms with E-state index in [2.05, 4.69) is 17.6 Å². The molecule has 0 aromatic heterocycles. The second kappa shape index (κ2) is 9.65. The minimum absolute atomic E-state index is 0. The van der Waals surface area contributed by atoms with E-state index >= 15 is 0 Å². The third-order valence-corrected chi connectivity index (χ3v) is 2.65. The van der Waals surface area contributed by atoms with E-state index in [9.17, 15) is 4.79 Å². The number of hydrogen-bond acceptors (Lipinski definition) is 4. The van der Waals surface area contributed by atoms with Crippen LogP contribution in [0.15, 0.2) is 0 Å². The van der Waals surface area contributed by atoms with Gasteiger partial charge >= 0.3 is 0 Å². The van der Waals surface area contributed by atoms with E-state index in [1.807, 2.05) is 0 Å². The molecule has 0 aromatic rings. The summed E-state index contributed by atoms with van der Waals surface area (Å²) in [4.78, 5) is 11.5. The summed E-state index contributed by atoms with van der Waals surface area (Å²) in [6.45, 7) is 4.22. The first-order valence-electron chi connectivity index (χ1n) is 5.81. The zero-order valence-corrected chi connectivity index (χ0v) is 11.3. The molecule has 1 rings (SSSR count). The summed E-state index contributed by atoms with van der Waals surface area (Å²) in [5.41, 5.74) is 0. The average molecular weight is 267 g/mol. The molecule has 2 N–H and O–H groups in total. The minimum atomic E-state index is -0.0322. The molecule has 1 heterocycles. The normalized spacial score (nSPS) is 23.9. The molecule has 0 spiro atoms. The number of rotatable bonds is 6. The van der Waals surface area contributed by atoms with Crippen molar-refractivity contribution in [2.75, 3.05) is 33.5 Å². The predicted octanol–water partition coefficient (Wildman–Crippen LogP) is 0.328. The summed E-state index contributed by atoms with van der Waals surface area (Å²) in [6.07, 6.45) is 1.98. The molecular formula is C11H23ClN2O3. The van der Waals surface area contributed by atoms with Crippen LogP contribution >= 0.6 is 12.4 Å². The fourth-order valence-corrected chi connectivity index (χ4v) is 1.84. The van der Waals surface area contributed by atoms with Crippen molar-refractivity contribution in [1.29, 1.82) is 0 Å². The molecule has 6 heteroatoms. The van der Waals surface area contributed by atoms with Gasteiger partial charge in [-0.05, 0) is 26.3 Å². The van der Waals surface area contributed by atoms with Crippen molar-refractivity contribution in [2.45, 2.75) is 31.8 Å². The van der Waals surface area contributed by atoms with Crippen molar-refractivity contribution in [3.05, 3.63) is 0 Å². The maximum atomic E-state index is 11.5. The van der Waals surface area contributed by atoms with E-state index in [4.69, 9.17) is 9.47 Å². The molecule has 5 nitrogen and oxygen atoms in total. The summed E-state index contributed by atoms with van der Waals surface area (Å²) in [5.74, 6) is -0.0322. The first-order valence-corrected chi connectivity index (χ1v) is 5.81. The summed E-state index contributed by atoms with van der Waals surface area (Å²) in [6, 6.07) is 0.767. The number of amides is 1. The molecule has 1 aliphatic heterocycles. The fraction of sp³-hybridized carbons (Fsp3) is 0.909. The molecule has 0 saturated carbocycles. The molecule has 0 aromatic carbocycles. The predicted molar refractivity (Wildman–Crippen MR) is 68.6 cm³/mol. The smallest absolute Gasteiger partial charge is 0.246 e. The number of carbonyl (C=O) groups is 1. The number of hydrogen-bond donors (Lipinski definition) is 2. The average Bonchev–Trinajstić information content (AvgIpc) is 2.24. The van der Waals surface area contributed by atoms with Crippen LogP contribution in [0.2, 0.25) is 0 Å². The fourth-order valence-electron chi connectivity index (χ4n) is 1.84. The second-order valence-electron chi connectivity index (χ2n) is 4.19. The van der Waals surface area contributed by atoms with Gasteiger partial charge in [0.2, 0.25) is 5.91 Å². The first kappa shape index (κ1) is 16.6. The van der Waals surface area contributed by atoms with Crippen LogP contribution in [0.4, 0.5) is 0 Å². The first-order chi connectivity index (χ1) is 7.72. The topological polar surface area (TPSA) is 59.6 Å². The summed E-state index contributed by atoms with van der Waals surface area (Å²) in [7, 11) is 1.61. The molecule has 1 saturated heterocycles. The standard InChI is InChI=1S/C11H22N2O3.ClH/c1-9-7-10(3-4-12-9)13-11(14)8-16-6-5-15-2;/h9-10,12H,3-8H2,1-2H3,(H,13,14);1H. The molecule has 0 radical (unpaired) electrons. The van der Waals surface area contributed by atoms with Gasteiger partial charge in [-0.3, -0.25) is 4.79 Å². The Bertz CT molecular complexity index is 217. The molecule has 2 unspecified atom stereocenters. The van der Waals surface area contributed by atoms with Gasteiger partial charge in [0.25, 0.3) is 0 Å². The molecule has 1 aliphatic rings. The Balaban J connectivity index is 0.00000256. The van der Waals surface area contributed by atoms with Crippen molar-refractivity contribution < 1.29 is 14.3 Å². The highest BCUT2D eigenvalue weighted by atomic mass is 35.5. The van der Waals surface area contributed by atoms with E-state index < -0.39 is 0 Å².